The summed E-state index contributed by atoms with van der Waals surface area (Å²) in [5, 5.41) is 7.49. The fourth-order valence-electron chi connectivity index (χ4n) is 2.71. The van der Waals surface area contributed by atoms with Crippen LogP contribution in [0.4, 0.5) is 0 Å². The second kappa shape index (κ2) is 7.10. The summed E-state index contributed by atoms with van der Waals surface area (Å²) in [4.78, 5) is 6.76. The molecule has 0 saturated carbocycles. The SMILES string of the molecule is Cc1ccc(C)c(OCCc2nc(C3CNCCN3C)no2)c1. The van der Waals surface area contributed by atoms with Gasteiger partial charge in [-0.2, -0.15) is 4.98 Å². The van der Waals surface area contributed by atoms with E-state index in [2.05, 4.69) is 52.5 Å². The van der Waals surface area contributed by atoms with Crippen molar-refractivity contribution in [1.82, 2.24) is 20.4 Å². The maximum absolute atomic E-state index is 5.85. The van der Waals surface area contributed by atoms with Gasteiger partial charge in [-0.05, 0) is 38.1 Å². The molecule has 2 heterocycles. The van der Waals surface area contributed by atoms with E-state index in [1.165, 1.54) is 5.56 Å². The minimum atomic E-state index is 0.182. The highest BCUT2D eigenvalue weighted by Crippen LogP contribution is 2.20. The van der Waals surface area contributed by atoms with E-state index in [1.807, 2.05) is 6.92 Å². The monoisotopic (exact) mass is 316 g/mol. The molecule has 3 rings (SSSR count). The number of likely N-dealkylation sites (N-methyl/N-ethyl adjacent to an activating group) is 1. The standard InChI is InChI=1S/C17H24N4O2/c1-12-4-5-13(2)15(10-12)22-9-6-16-19-17(20-23-16)14-11-18-7-8-21(14)3/h4-5,10,14,18H,6-9,11H2,1-3H3. The molecule has 1 aromatic carbocycles. The highest BCUT2D eigenvalue weighted by Gasteiger charge is 2.25. The Kier molecular flexibility index (Phi) is 4.93. The molecular formula is C17H24N4O2. The van der Waals surface area contributed by atoms with Gasteiger partial charge in [-0.15, -0.1) is 0 Å². The Morgan fingerprint density at radius 3 is 3.09 bits per heavy atom. The summed E-state index contributed by atoms with van der Waals surface area (Å²) < 4.78 is 11.2. The third-order valence-electron chi connectivity index (χ3n) is 4.21. The Hall–Kier alpha value is -1.92. The Balaban J connectivity index is 1.56. The van der Waals surface area contributed by atoms with Crippen molar-refractivity contribution >= 4 is 0 Å². The lowest BCUT2D eigenvalue weighted by molar-refractivity contribution is 0.190. The quantitative estimate of drug-likeness (QED) is 0.909. The molecule has 0 aliphatic carbocycles. The summed E-state index contributed by atoms with van der Waals surface area (Å²) in [7, 11) is 2.09. The predicted octanol–water partition coefficient (Wildman–Crippen LogP) is 1.88. The number of hydrogen-bond acceptors (Lipinski definition) is 6. The van der Waals surface area contributed by atoms with Gasteiger partial charge >= 0.3 is 0 Å². The average Bonchev–Trinajstić information content (AvgIpc) is 3.00. The molecule has 124 valence electrons. The molecule has 0 spiro atoms. The van der Waals surface area contributed by atoms with Gasteiger partial charge in [0.1, 0.15) is 5.75 Å². The first kappa shape index (κ1) is 16.0. The van der Waals surface area contributed by atoms with Crippen LogP contribution in [-0.4, -0.2) is 48.3 Å². The molecule has 1 aromatic heterocycles. The van der Waals surface area contributed by atoms with Crippen LogP contribution in [0.25, 0.3) is 0 Å². The van der Waals surface area contributed by atoms with Gasteiger partial charge in [0.05, 0.1) is 19.1 Å². The van der Waals surface area contributed by atoms with Crippen LogP contribution in [0.15, 0.2) is 22.7 Å². The van der Waals surface area contributed by atoms with Crippen LogP contribution in [0.1, 0.15) is 28.9 Å². The topological polar surface area (TPSA) is 63.4 Å². The Labute approximate surface area is 136 Å². The van der Waals surface area contributed by atoms with Gasteiger partial charge in [0.25, 0.3) is 0 Å². The molecule has 0 amide bonds. The second-order valence-corrected chi connectivity index (χ2v) is 6.11. The summed E-state index contributed by atoms with van der Waals surface area (Å²) in [6.45, 7) is 7.49. The van der Waals surface area contributed by atoms with Crippen LogP contribution in [0.2, 0.25) is 0 Å². The molecule has 1 saturated heterocycles. The fourth-order valence-corrected chi connectivity index (χ4v) is 2.71. The first-order valence-electron chi connectivity index (χ1n) is 8.07. The van der Waals surface area contributed by atoms with Crippen LogP contribution in [0.5, 0.6) is 5.75 Å². The number of hydrogen-bond donors (Lipinski definition) is 1. The zero-order valence-electron chi connectivity index (χ0n) is 14.0. The number of piperazine rings is 1. The van der Waals surface area contributed by atoms with Crippen molar-refractivity contribution in [3.05, 3.63) is 41.0 Å². The van der Waals surface area contributed by atoms with E-state index in [4.69, 9.17) is 9.26 Å². The van der Waals surface area contributed by atoms with Crippen molar-refractivity contribution in [1.29, 1.82) is 0 Å². The maximum atomic E-state index is 5.85. The summed E-state index contributed by atoms with van der Waals surface area (Å²) in [5.41, 5.74) is 2.33. The molecule has 6 nitrogen and oxygen atoms in total. The average molecular weight is 316 g/mol. The van der Waals surface area contributed by atoms with Gasteiger partial charge in [0.15, 0.2) is 5.82 Å². The molecule has 1 unspecified atom stereocenters. The smallest absolute Gasteiger partial charge is 0.230 e. The van der Waals surface area contributed by atoms with Crippen molar-refractivity contribution < 1.29 is 9.26 Å². The lowest BCUT2D eigenvalue weighted by Gasteiger charge is -2.30. The highest BCUT2D eigenvalue weighted by atomic mass is 16.5. The van der Waals surface area contributed by atoms with Crippen molar-refractivity contribution in [3.8, 4) is 5.75 Å². The van der Waals surface area contributed by atoms with Crippen molar-refractivity contribution in [2.45, 2.75) is 26.3 Å². The van der Waals surface area contributed by atoms with Gasteiger partial charge in [0.2, 0.25) is 5.89 Å². The highest BCUT2D eigenvalue weighted by molar-refractivity contribution is 5.35. The van der Waals surface area contributed by atoms with Crippen LogP contribution in [0, 0.1) is 13.8 Å². The van der Waals surface area contributed by atoms with Crippen LogP contribution in [0.3, 0.4) is 0 Å². The van der Waals surface area contributed by atoms with Crippen molar-refractivity contribution in [2.24, 2.45) is 0 Å². The third-order valence-corrected chi connectivity index (χ3v) is 4.21. The van der Waals surface area contributed by atoms with Gasteiger partial charge in [-0.3, -0.25) is 4.90 Å². The van der Waals surface area contributed by atoms with E-state index < -0.39 is 0 Å². The van der Waals surface area contributed by atoms with Crippen LogP contribution < -0.4 is 10.1 Å². The Morgan fingerprint density at radius 2 is 2.26 bits per heavy atom. The Morgan fingerprint density at radius 1 is 1.39 bits per heavy atom. The molecule has 1 aliphatic heterocycles. The normalized spacial score (nSPS) is 19.0. The summed E-state index contributed by atoms with van der Waals surface area (Å²) >= 11 is 0. The number of ether oxygens (including phenoxy) is 1. The van der Waals surface area contributed by atoms with E-state index in [9.17, 15) is 0 Å². The second-order valence-electron chi connectivity index (χ2n) is 6.11. The van der Waals surface area contributed by atoms with Crippen LogP contribution >= 0.6 is 0 Å². The van der Waals surface area contributed by atoms with E-state index in [0.29, 0.717) is 18.9 Å². The first-order chi connectivity index (χ1) is 11.1. The van der Waals surface area contributed by atoms with Gasteiger partial charge in [-0.25, -0.2) is 0 Å². The number of nitrogens with zero attached hydrogens (tertiary/aromatic N) is 3. The minimum Gasteiger partial charge on any atom is -0.493 e. The molecule has 1 N–H and O–H groups in total. The number of benzene rings is 1. The van der Waals surface area contributed by atoms with E-state index in [0.717, 1.165) is 36.8 Å². The Bertz CT molecular complexity index is 656. The third kappa shape index (κ3) is 3.89. The molecule has 0 bridgehead atoms. The zero-order chi connectivity index (χ0) is 16.2. The lowest BCUT2D eigenvalue weighted by Crippen LogP contribution is -2.44. The first-order valence-corrected chi connectivity index (χ1v) is 8.07. The van der Waals surface area contributed by atoms with Gasteiger partial charge < -0.3 is 14.6 Å². The minimum absolute atomic E-state index is 0.182. The van der Waals surface area contributed by atoms with E-state index in [-0.39, 0.29) is 6.04 Å². The summed E-state index contributed by atoms with van der Waals surface area (Å²) in [6.07, 6.45) is 0.615. The largest absolute Gasteiger partial charge is 0.493 e. The fraction of sp³-hybridized carbons (Fsp3) is 0.529. The van der Waals surface area contributed by atoms with Crippen molar-refractivity contribution in [3.63, 3.8) is 0 Å². The maximum Gasteiger partial charge on any atom is 0.230 e. The number of nitrogens with one attached hydrogen (secondary N) is 1. The molecule has 2 aromatic rings. The number of rotatable bonds is 5. The van der Waals surface area contributed by atoms with E-state index in [1.54, 1.807) is 0 Å². The van der Waals surface area contributed by atoms with E-state index >= 15 is 0 Å². The number of aromatic nitrogens is 2. The van der Waals surface area contributed by atoms with Crippen molar-refractivity contribution in [2.75, 3.05) is 33.3 Å². The van der Waals surface area contributed by atoms with Gasteiger partial charge in [-0.1, -0.05) is 17.3 Å². The molecule has 1 atom stereocenters. The molecule has 1 fully saturated rings. The van der Waals surface area contributed by atoms with Crippen LogP contribution in [-0.2, 0) is 6.42 Å². The molecule has 1 aliphatic rings. The summed E-state index contributed by atoms with van der Waals surface area (Å²) in [6, 6.07) is 6.39. The molecule has 0 radical (unpaired) electrons. The predicted molar refractivity (Wildman–Crippen MR) is 87.7 cm³/mol. The zero-order valence-corrected chi connectivity index (χ0v) is 14.0. The summed E-state index contributed by atoms with van der Waals surface area (Å²) in [5.74, 6) is 2.30. The number of aryl methyl sites for hydroxylation is 2. The molecule has 23 heavy (non-hydrogen) atoms. The molecule has 6 heteroatoms. The molecular weight excluding hydrogens is 292 g/mol. The lowest BCUT2D eigenvalue weighted by atomic mass is 10.1. The van der Waals surface area contributed by atoms with Gasteiger partial charge in [0, 0.05) is 19.6 Å².